The van der Waals surface area contributed by atoms with Crippen LogP contribution in [0.5, 0.6) is 0 Å². The largest absolute Gasteiger partial charge is 1.00 e. The molecule has 2 amide bonds. The minimum absolute atomic E-state index is 0. The third-order valence-electron chi connectivity index (χ3n) is 8.19. The second kappa shape index (κ2) is 21.4. The van der Waals surface area contributed by atoms with Gasteiger partial charge in [0.05, 0.1) is 26.9 Å². The number of hydrogen-bond donors (Lipinski definition) is 6. The Morgan fingerprint density at radius 2 is 0.806 bits per heavy atom. The van der Waals surface area contributed by atoms with Crippen molar-refractivity contribution in [3.05, 3.63) is 168 Å². The zero-order valence-corrected chi connectivity index (χ0v) is 38.3. The number of anilines is 3. The molecule has 6 N–H and O–H groups in total. The van der Waals surface area contributed by atoms with Gasteiger partial charge in [0, 0.05) is 28.2 Å². The van der Waals surface area contributed by atoms with Gasteiger partial charge in [-0.3, -0.25) is 28.7 Å². The SMILES string of the molecule is O=C(Nc1cccc(C([O-])=Nc2cccc(N=C(O)Nc3cccc(N=C([O-])c4cccc(NC(=O)c5ccc(S(=O)(=O)O)cc5)c4)c3)c2)c1)c1ccc(S(=O)(=O)O)cc1.[Na+].[Na+]. The van der Waals surface area contributed by atoms with Crippen molar-refractivity contribution in [1.82, 2.24) is 0 Å². The fraction of sp³-hybridized carbons (Fsp3) is 0. The predicted molar refractivity (Wildman–Crippen MR) is 220 cm³/mol. The third-order valence-corrected chi connectivity index (χ3v) is 9.93. The Morgan fingerprint density at radius 1 is 0.452 bits per heavy atom. The van der Waals surface area contributed by atoms with E-state index in [9.17, 15) is 41.7 Å². The molecule has 0 atom stereocenters. The topological polar surface area (TPSA) is 282 Å². The van der Waals surface area contributed by atoms with E-state index in [2.05, 4.69) is 30.9 Å². The fourth-order valence-electron chi connectivity index (χ4n) is 5.35. The number of nitrogens with zero attached hydrogens (tertiary/aromatic N) is 3. The van der Waals surface area contributed by atoms with Gasteiger partial charge in [-0.2, -0.15) is 21.8 Å². The molecule has 0 aliphatic heterocycles. The summed E-state index contributed by atoms with van der Waals surface area (Å²) in [6, 6.07) is 33.0. The van der Waals surface area contributed by atoms with Crippen molar-refractivity contribution >= 4 is 84.0 Å². The van der Waals surface area contributed by atoms with Crippen molar-refractivity contribution < 1.29 is 110 Å². The fourth-order valence-corrected chi connectivity index (χ4v) is 6.31. The summed E-state index contributed by atoms with van der Waals surface area (Å²) in [5, 5.41) is 44.6. The number of aliphatic hydroxyl groups excluding tert-OH is 1. The first-order valence-corrected chi connectivity index (χ1v) is 20.1. The quantitative estimate of drug-likeness (QED) is 0.0383. The zero-order valence-electron chi connectivity index (χ0n) is 32.6. The molecule has 0 fully saturated rings. The molecule has 0 heterocycles. The van der Waals surface area contributed by atoms with E-state index in [1.54, 1.807) is 48.5 Å². The molecule has 6 rings (SSSR count). The van der Waals surface area contributed by atoms with Gasteiger partial charge >= 0.3 is 59.1 Å². The molecule has 0 radical (unpaired) electrons. The zero-order chi connectivity index (χ0) is 43.0. The average molecular weight is 893 g/mol. The molecule has 0 aliphatic rings. The van der Waals surface area contributed by atoms with Crippen molar-refractivity contribution in [1.29, 1.82) is 0 Å². The number of benzene rings is 6. The summed E-state index contributed by atoms with van der Waals surface area (Å²) in [5.74, 6) is -2.47. The van der Waals surface area contributed by atoms with Crippen molar-refractivity contribution in [2.24, 2.45) is 15.0 Å². The maximum atomic E-state index is 13.0. The second-order valence-corrected chi connectivity index (χ2v) is 15.4. The van der Waals surface area contributed by atoms with Gasteiger partial charge in [-0.05, 0) is 132 Å². The summed E-state index contributed by atoms with van der Waals surface area (Å²) < 4.78 is 63.4. The van der Waals surface area contributed by atoms with Crippen LogP contribution in [0.25, 0.3) is 0 Å². The Bertz CT molecular complexity index is 2930. The molecular weight excluding hydrogens is 863 g/mol. The predicted octanol–water partition coefficient (Wildman–Crippen LogP) is -0.773. The molecule has 0 saturated carbocycles. The third kappa shape index (κ3) is 13.6. The molecule has 304 valence electrons. The Balaban J connectivity index is 0.00000422. The van der Waals surface area contributed by atoms with Gasteiger partial charge in [-0.1, -0.05) is 36.4 Å². The number of amides is 2. The molecule has 17 nitrogen and oxygen atoms in total. The van der Waals surface area contributed by atoms with E-state index in [1.165, 1.54) is 72.8 Å². The molecule has 6 aromatic rings. The van der Waals surface area contributed by atoms with E-state index in [0.29, 0.717) is 5.69 Å². The minimum Gasteiger partial charge on any atom is -0.858 e. The van der Waals surface area contributed by atoms with E-state index < -0.39 is 49.9 Å². The van der Waals surface area contributed by atoms with Crippen LogP contribution in [0.4, 0.5) is 34.1 Å². The first kappa shape index (κ1) is 49.0. The van der Waals surface area contributed by atoms with Crippen LogP contribution in [0, 0.1) is 0 Å². The summed E-state index contributed by atoms with van der Waals surface area (Å²) in [6.45, 7) is 0. The number of nitrogens with one attached hydrogen (secondary N) is 3. The number of hydrogen-bond acceptors (Lipinski definition) is 11. The van der Waals surface area contributed by atoms with E-state index >= 15 is 0 Å². The summed E-state index contributed by atoms with van der Waals surface area (Å²) in [7, 11) is -8.85. The van der Waals surface area contributed by atoms with Gasteiger partial charge in [0.15, 0.2) is 0 Å². The van der Waals surface area contributed by atoms with Crippen LogP contribution in [0.15, 0.2) is 170 Å². The first-order chi connectivity index (χ1) is 28.5. The van der Waals surface area contributed by atoms with Gasteiger partial charge in [-0.15, -0.1) is 0 Å². The van der Waals surface area contributed by atoms with Crippen molar-refractivity contribution in [2.75, 3.05) is 16.0 Å². The average Bonchev–Trinajstić information content (AvgIpc) is 3.20. The molecule has 0 spiro atoms. The Labute approximate surface area is 399 Å². The number of carbonyl (C=O) groups excluding carboxylic acids is 2. The van der Waals surface area contributed by atoms with Crippen LogP contribution in [-0.2, 0) is 20.2 Å². The molecule has 0 aliphatic carbocycles. The summed E-state index contributed by atoms with van der Waals surface area (Å²) in [6.07, 6.45) is 0. The van der Waals surface area contributed by atoms with Gasteiger partial charge in [-0.25, -0.2) is 0 Å². The standard InChI is InChI=1S/C41H32N6O11S2.2Na/c48-37(25-13-17-35(18-14-25)59(53,54)55)42-29-7-1-5-27(21-29)39(50)44-31-9-3-11-33(23-31)46-41(52)47-34-12-4-10-32(24-34)45-40(51)28-6-2-8-30(22-28)43-38(49)26-15-19-36(20-16-26)60(56,57)58;;/h1-24H,(H,42,48)(H,43,49)(H,44,50)(H,45,51)(H2,46,47,52)(H,53,54,55)(H,56,57,58);;/q;2*+1/p-2. The molecule has 62 heavy (non-hydrogen) atoms. The van der Waals surface area contributed by atoms with Crippen LogP contribution in [-0.4, -0.2) is 60.7 Å². The number of carbonyl (C=O) groups is 2. The molecule has 0 aromatic heterocycles. The van der Waals surface area contributed by atoms with Gasteiger partial charge in [0.25, 0.3) is 38.1 Å². The van der Waals surface area contributed by atoms with Crippen molar-refractivity contribution in [3.8, 4) is 0 Å². The van der Waals surface area contributed by atoms with Crippen LogP contribution in [0.2, 0.25) is 0 Å². The Hall–Kier alpha value is -5.71. The van der Waals surface area contributed by atoms with E-state index in [1.807, 2.05) is 0 Å². The maximum absolute atomic E-state index is 13.0. The Kier molecular flexibility index (Phi) is 16.9. The van der Waals surface area contributed by atoms with Crippen molar-refractivity contribution in [3.63, 3.8) is 0 Å². The summed E-state index contributed by atoms with van der Waals surface area (Å²) >= 11 is 0. The molecular formula is C41H30N6Na2O11S2. The maximum Gasteiger partial charge on any atom is 1.00 e. The number of amidine groups is 1. The van der Waals surface area contributed by atoms with Crippen molar-refractivity contribution in [2.45, 2.75) is 9.79 Å². The molecule has 21 heteroatoms. The van der Waals surface area contributed by atoms with Crippen LogP contribution in [0.3, 0.4) is 0 Å². The summed E-state index contributed by atoms with van der Waals surface area (Å²) in [4.78, 5) is 37.0. The Morgan fingerprint density at radius 3 is 1.23 bits per heavy atom. The first-order valence-electron chi connectivity index (χ1n) is 17.3. The smallest absolute Gasteiger partial charge is 0.858 e. The second-order valence-electron chi connectivity index (χ2n) is 12.5. The van der Waals surface area contributed by atoms with E-state index in [4.69, 9.17) is 9.11 Å². The monoisotopic (exact) mass is 892 g/mol. The van der Waals surface area contributed by atoms with Crippen LogP contribution < -0.4 is 85.3 Å². The van der Waals surface area contributed by atoms with Gasteiger partial charge in [0.2, 0.25) is 0 Å². The molecule has 0 bridgehead atoms. The number of rotatable bonds is 12. The van der Waals surface area contributed by atoms with Crippen LogP contribution in [0.1, 0.15) is 31.8 Å². The molecule has 6 aromatic carbocycles. The minimum atomic E-state index is -4.43. The molecule has 0 saturated heterocycles. The number of aliphatic imine (C=N–C) groups is 3. The summed E-state index contributed by atoms with van der Waals surface area (Å²) in [5.41, 5.74) is 2.01. The van der Waals surface area contributed by atoms with Gasteiger partial charge in [0.1, 0.15) is 0 Å². The van der Waals surface area contributed by atoms with Gasteiger partial charge < -0.3 is 31.3 Å². The van der Waals surface area contributed by atoms with E-state index in [-0.39, 0.29) is 120 Å². The number of aliphatic hydroxyl groups is 1. The molecule has 0 unspecified atom stereocenters. The normalized spacial score (nSPS) is 12.0. The van der Waals surface area contributed by atoms with Crippen LogP contribution >= 0.6 is 0 Å². The van der Waals surface area contributed by atoms with E-state index in [0.717, 1.165) is 24.3 Å².